The number of ether oxygens (including phenoxy) is 1. The highest BCUT2D eigenvalue weighted by atomic mass is 19.1. The van der Waals surface area contributed by atoms with Gasteiger partial charge >= 0.3 is 0 Å². The summed E-state index contributed by atoms with van der Waals surface area (Å²) in [5.74, 6) is 0.961. The van der Waals surface area contributed by atoms with Gasteiger partial charge in [-0.05, 0) is 36.8 Å². The maximum atomic E-state index is 14.9. The summed E-state index contributed by atoms with van der Waals surface area (Å²) in [5, 5.41) is 4.31. The number of carbonyl (C=O) groups is 1. The standard InChI is InChI=1S/C27H26FN7O2/c1-33-13-16(12-31-33)18-6-7-23(32-26(18)34-11-9-17(29)14-34)35-15-20-19(27(35)36)8-10-30-25(20)24-21(28)4-3-5-22(24)37-2/h3-8,10,12-13,17H,9,11,14-15,29H2,1-2H3/t17-/m0/s1. The molecule has 0 spiro atoms. The number of aromatic nitrogens is 4. The number of methoxy groups -OCH3 is 1. The fourth-order valence-corrected chi connectivity index (χ4v) is 5.13. The lowest BCUT2D eigenvalue weighted by molar-refractivity contribution is 0.0996. The molecule has 1 aromatic carbocycles. The molecule has 0 aliphatic carbocycles. The van der Waals surface area contributed by atoms with Gasteiger partial charge in [-0.1, -0.05) is 6.07 Å². The largest absolute Gasteiger partial charge is 0.496 e. The highest BCUT2D eigenvalue weighted by Gasteiger charge is 2.34. The summed E-state index contributed by atoms with van der Waals surface area (Å²) < 4.78 is 22.1. The van der Waals surface area contributed by atoms with E-state index >= 15 is 0 Å². The average Bonchev–Trinajstić information content (AvgIpc) is 3.62. The second kappa shape index (κ2) is 8.97. The Balaban J connectivity index is 1.42. The number of hydrogen-bond acceptors (Lipinski definition) is 7. The molecule has 9 nitrogen and oxygen atoms in total. The van der Waals surface area contributed by atoms with Crippen LogP contribution in [-0.4, -0.2) is 51.9 Å². The van der Waals surface area contributed by atoms with Crippen LogP contribution in [0.2, 0.25) is 0 Å². The number of halogens is 1. The zero-order valence-corrected chi connectivity index (χ0v) is 20.6. The van der Waals surface area contributed by atoms with Crippen LogP contribution in [0.3, 0.4) is 0 Å². The van der Waals surface area contributed by atoms with Gasteiger partial charge in [0.25, 0.3) is 5.91 Å². The molecule has 3 aromatic heterocycles. The van der Waals surface area contributed by atoms with Gasteiger partial charge in [-0.3, -0.25) is 19.4 Å². The van der Waals surface area contributed by atoms with Crippen LogP contribution in [0.15, 0.2) is 55.0 Å². The van der Waals surface area contributed by atoms with Gasteiger partial charge in [0.2, 0.25) is 0 Å². The van der Waals surface area contributed by atoms with E-state index in [0.29, 0.717) is 34.9 Å². The smallest absolute Gasteiger partial charge is 0.260 e. The predicted molar refractivity (Wildman–Crippen MR) is 138 cm³/mol. The molecular formula is C27H26FN7O2. The molecule has 37 heavy (non-hydrogen) atoms. The van der Waals surface area contributed by atoms with Crippen LogP contribution in [0.1, 0.15) is 22.3 Å². The Bertz CT molecular complexity index is 1520. The summed E-state index contributed by atoms with van der Waals surface area (Å²) >= 11 is 0. The molecule has 0 saturated carbocycles. The Morgan fingerprint density at radius 2 is 2.03 bits per heavy atom. The van der Waals surface area contributed by atoms with Crippen molar-refractivity contribution in [3.63, 3.8) is 0 Å². The van der Waals surface area contributed by atoms with Crippen molar-refractivity contribution >= 4 is 17.5 Å². The third-order valence-electron chi connectivity index (χ3n) is 6.96. The molecule has 4 aromatic rings. The minimum Gasteiger partial charge on any atom is -0.496 e. The summed E-state index contributed by atoms with van der Waals surface area (Å²) in [6.45, 7) is 1.67. The quantitative estimate of drug-likeness (QED) is 0.449. The molecule has 0 unspecified atom stereocenters. The van der Waals surface area contributed by atoms with Crippen molar-refractivity contribution in [1.29, 1.82) is 0 Å². The number of anilines is 2. The Kier molecular flexibility index (Phi) is 5.60. The van der Waals surface area contributed by atoms with Crippen LogP contribution < -0.4 is 20.3 Å². The van der Waals surface area contributed by atoms with Gasteiger partial charge in [-0.15, -0.1) is 0 Å². The Hall–Kier alpha value is -4.31. The average molecular weight is 500 g/mol. The number of benzene rings is 1. The van der Waals surface area contributed by atoms with Crippen molar-refractivity contribution in [2.75, 3.05) is 30.0 Å². The van der Waals surface area contributed by atoms with Crippen molar-refractivity contribution in [2.24, 2.45) is 12.8 Å². The number of pyridine rings is 2. The van der Waals surface area contributed by atoms with Gasteiger partial charge in [0.05, 0.1) is 31.1 Å². The van der Waals surface area contributed by atoms with Crippen molar-refractivity contribution in [2.45, 2.75) is 19.0 Å². The van der Waals surface area contributed by atoms with E-state index < -0.39 is 5.82 Å². The van der Waals surface area contributed by atoms with Crippen LogP contribution in [0.25, 0.3) is 22.4 Å². The number of amides is 1. The molecule has 1 saturated heterocycles. The highest BCUT2D eigenvalue weighted by Crippen LogP contribution is 2.40. The van der Waals surface area contributed by atoms with Gasteiger partial charge in [0.15, 0.2) is 0 Å². The second-order valence-corrected chi connectivity index (χ2v) is 9.33. The fraction of sp³-hybridized carbons (Fsp3) is 0.259. The molecule has 1 fully saturated rings. The Labute approximate surface area is 213 Å². The number of hydrogen-bond donors (Lipinski definition) is 1. The van der Waals surface area contributed by atoms with Crippen molar-refractivity contribution in [3.05, 3.63) is 71.9 Å². The molecule has 10 heteroatoms. The Morgan fingerprint density at radius 1 is 1.16 bits per heavy atom. The van der Waals surface area contributed by atoms with Gasteiger partial charge < -0.3 is 15.4 Å². The Morgan fingerprint density at radius 3 is 2.76 bits per heavy atom. The lowest BCUT2D eigenvalue weighted by Crippen LogP contribution is -2.29. The first-order chi connectivity index (χ1) is 17.9. The molecule has 0 radical (unpaired) electrons. The number of nitrogens with zero attached hydrogens (tertiary/aromatic N) is 6. The van der Waals surface area contributed by atoms with Crippen LogP contribution in [-0.2, 0) is 13.6 Å². The number of nitrogens with two attached hydrogens (primary N) is 1. The summed E-state index contributed by atoms with van der Waals surface area (Å²) in [7, 11) is 3.35. The van der Waals surface area contributed by atoms with E-state index in [0.717, 1.165) is 29.9 Å². The van der Waals surface area contributed by atoms with Crippen LogP contribution in [0.5, 0.6) is 5.75 Å². The van der Waals surface area contributed by atoms with E-state index in [1.165, 1.54) is 19.4 Å². The molecule has 2 N–H and O–H groups in total. The third kappa shape index (κ3) is 3.89. The lowest BCUT2D eigenvalue weighted by Gasteiger charge is -2.23. The maximum Gasteiger partial charge on any atom is 0.260 e. The maximum absolute atomic E-state index is 14.9. The lowest BCUT2D eigenvalue weighted by atomic mass is 10.0. The number of fused-ring (bicyclic) bond motifs is 1. The summed E-state index contributed by atoms with van der Waals surface area (Å²) in [5.41, 5.74) is 9.80. The molecule has 5 heterocycles. The minimum absolute atomic E-state index is 0.0641. The first-order valence-corrected chi connectivity index (χ1v) is 12.1. The van der Waals surface area contributed by atoms with E-state index in [1.54, 1.807) is 34.0 Å². The van der Waals surface area contributed by atoms with E-state index in [9.17, 15) is 9.18 Å². The van der Waals surface area contributed by atoms with Crippen molar-refractivity contribution in [3.8, 4) is 28.1 Å². The topological polar surface area (TPSA) is 102 Å². The zero-order chi connectivity index (χ0) is 25.7. The van der Waals surface area contributed by atoms with E-state index in [4.69, 9.17) is 15.5 Å². The number of rotatable bonds is 5. The molecule has 1 amide bonds. The SMILES string of the molecule is COc1cccc(F)c1-c1nccc2c1CN(c1ccc(-c3cnn(C)c3)c(N3CC[C@H](N)C3)n1)C2=O. The van der Waals surface area contributed by atoms with E-state index in [2.05, 4.69) is 15.0 Å². The van der Waals surface area contributed by atoms with Gasteiger partial charge in [-0.25, -0.2) is 9.37 Å². The molecule has 0 bridgehead atoms. The summed E-state index contributed by atoms with van der Waals surface area (Å²) in [6.07, 6.45) is 6.13. The van der Waals surface area contributed by atoms with Gasteiger partial charge in [0.1, 0.15) is 23.2 Å². The molecule has 188 valence electrons. The van der Waals surface area contributed by atoms with E-state index in [1.807, 2.05) is 25.4 Å². The molecule has 2 aliphatic heterocycles. The van der Waals surface area contributed by atoms with E-state index in [-0.39, 0.29) is 24.1 Å². The van der Waals surface area contributed by atoms with Crippen LogP contribution in [0, 0.1) is 5.82 Å². The van der Waals surface area contributed by atoms with Gasteiger partial charge in [-0.2, -0.15) is 5.10 Å². The first kappa shape index (κ1) is 23.1. The minimum atomic E-state index is -0.460. The van der Waals surface area contributed by atoms with Crippen molar-refractivity contribution < 1.29 is 13.9 Å². The first-order valence-electron chi connectivity index (χ1n) is 12.1. The van der Waals surface area contributed by atoms with Crippen LogP contribution >= 0.6 is 0 Å². The summed E-state index contributed by atoms with van der Waals surface area (Å²) in [6, 6.07) is 10.2. The van der Waals surface area contributed by atoms with Crippen molar-refractivity contribution in [1.82, 2.24) is 19.7 Å². The molecular weight excluding hydrogens is 473 g/mol. The fourth-order valence-electron chi connectivity index (χ4n) is 5.13. The highest BCUT2D eigenvalue weighted by molar-refractivity contribution is 6.11. The summed E-state index contributed by atoms with van der Waals surface area (Å²) in [4.78, 5) is 26.7. The molecule has 2 aliphatic rings. The van der Waals surface area contributed by atoms with Crippen LogP contribution in [0.4, 0.5) is 16.0 Å². The second-order valence-electron chi connectivity index (χ2n) is 9.33. The molecule has 1 atom stereocenters. The number of aryl methyl sites for hydroxylation is 1. The van der Waals surface area contributed by atoms with Gasteiger partial charge in [0, 0.05) is 60.8 Å². The third-order valence-corrected chi connectivity index (χ3v) is 6.96. The number of carbonyl (C=O) groups excluding carboxylic acids is 1. The molecule has 6 rings (SSSR count). The predicted octanol–water partition coefficient (Wildman–Crippen LogP) is 3.39. The normalized spacial score (nSPS) is 17.0. The zero-order valence-electron chi connectivity index (χ0n) is 20.6. The monoisotopic (exact) mass is 499 g/mol.